The molecule has 0 aromatic carbocycles. The molecule has 1 N–H and O–H groups in total. The monoisotopic (exact) mass is 214 g/mol. The predicted molar refractivity (Wildman–Crippen MR) is 44.5 cm³/mol. The van der Waals surface area contributed by atoms with E-state index >= 15 is 0 Å². The number of H-pyrrole nitrogens is 1. The second kappa shape index (κ2) is 2.44. The van der Waals surface area contributed by atoms with Gasteiger partial charge in [-0.05, 0) is 28.8 Å². The van der Waals surface area contributed by atoms with Gasteiger partial charge in [-0.2, -0.15) is 0 Å². The lowest BCUT2D eigenvalue weighted by molar-refractivity contribution is 0.897. The molecule has 1 heterocycles. The fraction of sp³-hybridized carbons (Fsp3) is 0.429. The standard InChI is InChI=1S/C7H7BrN2O/c8-5-3-6(11)10-7(9-5)4-1-2-4/h3-4H,1-2H2,(H,9,10,11). The number of rotatable bonds is 1. The van der Waals surface area contributed by atoms with Crippen molar-refractivity contribution in [1.29, 1.82) is 0 Å². The Hall–Kier alpha value is -0.640. The van der Waals surface area contributed by atoms with Gasteiger partial charge in [0.25, 0.3) is 5.56 Å². The van der Waals surface area contributed by atoms with Gasteiger partial charge in [0.15, 0.2) is 0 Å². The number of nitrogens with zero attached hydrogens (tertiary/aromatic N) is 1. The number of nitrogens with one attached hydrogen (secondary N) is 1. The summed E-state index contributed by atoms with van der Waals surface area (Å²) in [6.07, 6.45) is 2.30. The fourth-order valence-electron chi connectivity index (χ4n) is 0.996. The van der Waals surface area contributed by atoms with Gasteiger partial charge in [-0.3, -0.25) is 4.79 Å². The largest absolute Gasteiger partial charge is 0.310 e. The second-order valence-corrected chi connectivity index (χ2v) is 3.54. The van der Waals surface area contributed by atoms with Crippen molar-refractivity contribution in [3.63, 3.8) is 0 Å². The van der Waals surface area contributed by atoms with Gasteiger partial charge in [-0.1, -0.05) is 0 Å². The van der Waals surface area contributed by atoms with Crippen molar-refractivity contribution in [2.45, 2.75) is 18.8 Å². The van der Waals surface area contributed by atoms with Crippen LogP contribution in [-0.4, -0.2) is 9.97 Å². The van der Waals surface area contributed by atoms with Gasteiger partial charge in [-0.25, -0.2) is 4.98 Å². The zero-order valence-corrected chi connectivity index (χ0v) is 7.39. The van der Waals surface area contributed by atoms with Gasteiger partial charge < -0.3 is 4.98 Å². The molecule has 1 aromatic rings. The van der Waals surface area contributed by atoms with Crippen LogP contribution in [0.25, 0.3) is 0 Å². The van der Waals surface area contributed by atoms with Crippen LogP contribution in [0.15, 0.2) is 15.5 Å². The van der Waals surface area contributed by atoms with E-state index in [1.54, 1.807) is 0 Å². The average molecular weight is 215 g/mol. The maximum atomic E-state index is 10.9. The topological polar surface area (TPSA) is 45.8 Å². The lowest BCUT2D eigenvalue weighted by Crippen LogP contribution is -2.08. The van der Waals surface area contributed by atoms with Crippen molar-refractivity contribution in [3.05, 3.63) is 26.8 Å². The first-order valence-corrected chi connectivity index (χ1v) is 4.32. The third-order valence-corrected chi connectivity index (χ3v) is 2.10. The second-order valence-electron chi connectivity index (χ2n) is 2.73. The van der Waals surface area contributed by atoms with E-state index in [4.69, 9.17) is 0 Å². The van der Waals surface area contributed by atoms with Gasteiger partial charge in [0.05, 0.1) is 0 Å². The van der Waals surface area contributed by atoms with Crippen LogP contribution in [-0.2, 0) is 0 Å². The molecule has 0 radical (unpaired) electrons. The zero-order chi connectivity index (χ0) is 7.84. The molecular weight excluding hydrogens is 208 g/mol. The Kier molecular flexibility index (Phi) is 1.56. The molecule has 1 fully saturated rings. The molecule has 58 valence electrons. The van der Waals surface area contributed by atoms with Gasteiger partial charge in [0, 0.05) is 12.0 Å². The molecule has 1 aliphatic rings. The number of hydrogen-bond acceptors (Lipinski definition) is 2. The summed E-state index contributed by atoms with van der Waals surface area (Å²) in [5.74, 6) is 1.32. The fourth-order valence-corrected chi connectivity index (χ4v) is 1.39. The van der Waals surface area contributed by atoms with E-state index in [9.17, 15) is 4.79 Å². The minimum atomic E-state index is -0.0752. The quantitative estimate of drug-likeness (QED) is 0.720. The highest BCUT2D eigenvalue weighted by Crippen LogP contribution is 2.37. The van der Waals surface area contributed by atoms with E-state index in [1.165, 1.54) is 6.07 Å². The van der Waals surface area contributed by atoms with E-state index in [2.05, 4.69) is 25.9 Å². The first kappa shape index (κ1) is 7.03. The first-order chi connectivity index (χ1) is 5.25. The smallest absolute Gasteiger partial charge is 0.251 e. The maximum Gasteiger partial charge on any atom is 0.251 e. The molecule has 0 saturated heterocycles. The lowest BCUT2D eigenvalue weighted by Gasteiger charge is -1.95. The van der Waals surface area contributed by atoms with Crippen molar-refractivity contribution in [1.82, 2.24) is 9.97 Å². The summed E-state index contributed by atoms with van der Waals surface area (Å²) in [7, 11) is 0. The Labute approximate surface area is 72.0 Å². The van der Waals surface area contributed by atoms with Crippen LogP contribution < -0.4 is 5.56 Å². The van der Waals surface area contributed by atoms with E-state index in [0.717, 1.165) is 18.7 Å². The Morgan fingerprint density at radius 3 is 2.91 bits per heavy atom. The molecule has 0 spiro atoms. The highest BCUT2D eigenvalue weighted by Gasteiger charge is 2.26. The summed E-state index contributed by atoms with van der Waals surface area (Å²) < 4.78 is 0.628. The van der Waals surface area contributed by atoms with Crippen molar-refractivity contribution >= 4 is 15.9 Å². The van der Waals surface area contributed by atoms with Crippen LogP contribution >= 0.6 is 15.9 Å². The van der Waals surface area contributed by atoms with Crippen LogP contribution in [0.5, 0.6) is 0 Å². The summed E-state index contributed by atoms with van der Waals surface area (Å²) in [4.78, 5) is 17.8. The lowest BCUT2D eigenvalue weighted by atomic mass is 10.4. The molecule has 0 bridgehead atoms. The minimum absolute atomic E-state index is 0.0752. The van der Waals surface area contributed by atoms with Crippen LogP contribution in [0.4, 0.5) is 0 Å². The molecule has 0 atom stereocenters. The molecule has 1 saturated carbocycles. The third kappa shape index (κ3) is 1.50. The summed E-state index contributed by atoms with van der Waals surface area (Å²) in [5, 5.41) is 0. The molecule has 0 unspecified atom stereocenters. The first-order valence-electron chi connectivity index (χ1n) is 3.52. The van der Waals surface area contributed by atoms with E-state index < -0.39 is 0 Å². The number of halogens is 1. The van der Waals surface area contributed by atoms with Crippen LogP contribution in [0.1, 0.15) is 24.6 Å². The molecule has 0 aliphatic heterocycles. The number of aromatic amines is 1. The predicted octanol–water partition coefficient (Wildman–Crippen LogP) is 1.41. The normalized spacial score (nSPS) is 16.8. The zero-order valence-electron chi connectivity index (χ0n) is 5.80. The van der Waals surface area contributed by atoms with E-state index in [-0.39, 0.29) is 5.56 Å². The Bertz CT molecular complexity index is 329. The molecule has 2 rings (SSSR count). The van der Waals surface area contributed by atoms with Crippen LogP contribution in [0.3, 0.4) is 0 Å². The Balaban J connectivity index is 2.47. The van der Waals surface area contributed by atoms with Crippen molar-refractivity contribution in [2.24, 2.45) is 0 Å². The van der Waals surface area contributed by atoms with E-state index in [1.807, 2.05) is 0 Å². The molecule has 0 amide bonds. The summed E-state index contributed by atoms with van der Waals surface area (Å²) in [5.41, 5.74) is -0.0752. The molecule has 1 aliphatic carbocycles. The summed E-state index contributed by atoms with van der Waals surface area (Å²) >= 11 is 3.18. The molecule has 3 nitrogen and oxygen atoms in total. The Morgan fingerprint density at radius 2 is 2.36 bits per heavy atom. The SMILES string of the molecule is O=c1cc(Br)nc(C2CC2)[nH]1. The minimum Gasteiger partial charge on any atom is -0.310 e. The summed E-state index contributed by atoms with van der Waals surface area (Å²) in [6, 6.07) is 1.44. The van der Waals surface area contributed by atoms with Gasteiger partial charge in [0.1, 0.15) is 10.4 Å². The van der Waals surface area contributed by atoms with E-state index in [0.29, 0.717) is 10.5 Å². The van der Waals surface area contributed by atoms with Gasteiger partial charge in [0.2, 0.25) is 0 Å². The van der Waals surface area contributed by atoms with Gasteiger partial charge in [-0.15, -0.1) is 0 Å². The van der Waals surface area contributed by atoms with Crippen molar-refractivity contribution < 1.29 is 0 Å². The highest BCUT2D eigenvalue weighted by molar-refractivity contribution is 9.10. The molecule has 1 aromatic heterocycles. The Morgan fingerprint density at radius 1 is 1.64 bits per heavy atom. The summed E-state index contributed by atoms with van der Waals surface area (Å²) in [6.45, 7) is 0. The molecular formula is C7H7BrN2O. The van der Waals surface area contributed by atoms with Crippen LogP contribution in [0.2, 0.25) is 0 Å². The highest BCUT2D eigenvalue weighted by atomic mass is 79.9. The molecule has 4 heteroatoms. The molecule has 11 heavy (non-hydrogen) atoms. The number of hydrogen-bond donors (Lipinski definition) is 1. The maximum absolute atomic E-state index is 10.9. The van der Waals surface area contributed by atoms with Crippen molar-refractivity contribution in [2.75, 3.05) is 0 Å². The van der Waals surface area contributed by atoms with Crippen LogP contribution in [0, 0.1) is 0 Å². The van der Waals surface area contributed by atoms with Gasteiger partial charge >= 0.3 is 0 Å². The third-order valence-electron chi connectivity index (χ3n) is 1.69. The number of aromatic nitrogens is 2. The average Bonchev–Trinajstić information content (AvgIpc) is 2.64. The van der Waals surface area contributed by atoms with Crippen molar-refractivity contribution in [3.8, 4) is 0 Å².